The van der Waals surface area contributed by atoms with Gasteiger partial charge in [0.05, 0.1) is 18.8 Å². The molecule has 0 spiro atoms. The van der Waals surface area contributed by atoms with Crippen molar-refractivity contribution in [3.8, 4) is 10.6 Å². The molecule has 112 valence electrons. The van der Waals surface area contributed by atoms with Crippen LogP contribution in [0.3, 0.4) is 0 Å². The molecule has 0 fully saturated rings. The second-order valence-electron chi connectivity index (χ2n) is 5.30. The highest BCUT2D eigenvalue weighted by molar-refractivity contribution is 7.13. The van der Waals surface area contributed by atoms with Crippen LogP contribution in [0.25, 0.3) is 10.6 Å². The van der Waals surface area contributed by atoms with Crippen molar-refractivity contribution in [2.24, 2.45) is 5.92 Å². The summed E-state index contributed by atoms with van der Waals surface area (Å²) >= 11 is 1.58. The van der Waals surface area contributed by atoms with Gasteiger partial charge in [-0.1, -0.05) is 38.1 Å². The first kappa shape index (κ1) is 15.5. The van der Waals surface area contributed by atoms with Gasteiger partial charge in [0.2, 0.25) is 0 Å². The molecule has 0 saturated heterocycles. The van der Waals surface area contributed by atoms with Crippen LogP contribution in [-0.4, -0.2) is 17.7 Å². The van der Waals surface area contributed by atoms with E-state index in [-0.39, 0.29) is 0 Å². The zero-order valence-corrected chi connectivity index (χ0v) is 13.4. The summed E-state index contributed by atoms with van der Waals surface area (Å²) in [5.74, 6) is 0.336. The van der Waals surface area contributed by atoms with Crippen molar-refractivity contribution in [3.63, 3.8) is 0 Å². The first-order valence-corrected chi connectivity index (χ1v) is 7.85. The minimum atomic E-state index is -0.394. The number of benzene rings is 1. The Morgan fingerprint density at radius 2 is 2.14 bits per heavy atom. The van der Waals surface area contributed by atoms with Crippen molar-refractivity contribution in [1.82, 2.24) is 10.3 Å². The third-order valence-corrected chi connectivity index (χ3v) is 3.81. The van der Waals surface area contributed by atoms with Crippen LogP contribution >= 0.6 is 11.3 Å². The van der Waals surface area contributed by atoms with E-state index in [4.69, 9.17) is 4.74 Å². The summed E-state index contributed by atoms with van der Waals surface area (Å²) in [6.45, 7) is 6.89. The predicted octanol–water partition coefficient (Wildman–Crippen LogP) is 4.00. The van der Waals surface area contributed by atoms with Crippen molar-refractivity contribution in [2.45, 2.75) is 27.3 Å². The molecule has 0 radical (unpaired) electrons. The molecular formula is C16H20N2O2S. The minimum absolute atomic E-state index is 0.336. The van der Waals surface area contributed by atoms with E-state index in [1.54, 1.807) is 11.3 Å². The fourth-order valence-electron chi connectivity index (χ4n) is 1.78. The van der Waals surface area contributed by atoms with Gasteiger partial charge in [-0.15, -0.1) is 11.3 Å². The van der Waals surface area contributed by atoms with Crippen LogP contribution in [0.1, 0.15) is 25.1 Å². The molecule has 1 heterocycles. The number of nitrogens with one attached hydrogen (secondary N) is 1. The number of rotatable bonds is 5. The van der Waals surface area contributed by atoms with Gasteiger partial charge in [0, 0.05) is 10.9 Å². The second-order valence-corrected chi connectivity index (χ2v) is 6.16. The van der Waals surface area contributed by atoms with Crippen LogP contribution in [0.4, 0.5) is 4.79 Å². The summed E-state index contributed by atoms with van der Waals surface area (Å²) in [7, 11) is 0. The van der Waals surface area contributed by atoms with Crippen molar-refractivity contribution in [2.75, 3.05) is 6.61 Å². The van der Waals surface area contributed by atoms with Gasteiger partial charge >= 0.3 is 6.09 Å². The van der Waals surface area contributed by atoms with Gasteiger partial charge in [0.15, 0.2) is 0 Å². The molecule has 0 unspecified atom stereocenters. The lowest BCUT2D eigenvalue weighted by molar-refractivity contribution is 0.132. The number of alkyl carbamates (subject to hydrolysis) is 1. The van der Waals surface area contributed by atoms with Crippen LogP contribution in [0.5, 0.6) is 0 Å². The molecule has 1 amide bonds. The smallest absolute Gasteiger partial charge is 0.407 e. The average Bonchev–Trinajstić information content (AvgIpc) is 2.92. The number of carbonyl (C=O) groups is 1. The molecule has 1 aromatic heterocycles. The van der Waals surface area contributed by atoms with Crippen LogP contribution in [-0.2, 0) is 11.3 Å². The molecule has 0 aliphatic carbocycles. The number of thiazole rings is 1. The molecular weight excluding hydrogens is 284 g/mol. The largest absolute Gasteiger partial charge is 0.449 e. The predicted molar refractivity (Wildman–Crippen MR) is 85.3 cm³/mol. The standard InChI is InChI=1S/C16H20N2O2S/c1-11(2)9-20-16(19)17-8-13-10-21-15(18-13)14-7-5-4-6-12(14)3/h4-7,10-11H,8-9H2,1-3H3,(H,17,19). The van der Waals surface area contributed by atoms with Gasteiger partial charge < -0.3 is 10.1 Å². The topological polar surface area (TPSA) is 51.2 Å². The van der Waals surface area contributed by atoms with Gasteiger partial charge in [0.1, 0.15) is 5.01 Å². The van der Waals surface area contributed by atoms with Gasteiger partial charge in [-0.3, -0.25) is 0 Å². The maximum absolute atomic E-state index is 11.5. The highest BCUT2D eigenvalue weighted by atomic mass is 32.1. The Kier molecular flexibility index (Phi) is 5.33. The van der Waals surface area contributed by atoms with E-state index in [0.717, 1.165) is 16.3 Å². The second kappa shape index (κ2) is 7.22. The SMILES string of the molecule is Cc1ccccc1-c1nc(CNC(=O)OCC(C)C)cs1. The van der Waals surface area contributed by atoms with Gasteiger partial charge in [0.25, 0.3) is 0 Å². The van der Waals surface area contributed by atoms with E-state index in [0.29, 0.717) is 19.1 Å². The molecule has 0 atom stereocenters. The third-order valence-electron chi connectivity index (χ3n) is 2.89. The molecule has 1 N–H and O–H groups in total. The summed E-state index contributed by atoms with van der Waals surface area (Å²) in [6, 6.07) is 8.14. The molecule has 1 aromatic carbocycles. The van der Waals surface area contributed by atoms with E-state index in [9.17, 15) is 4.79 Å². The number of nitrogens with zero attached hydrogens (tertiary/aromatic N) is 1. The van der Waals surface area contributed by atoms with E-state index < -0.39 is 6.09 Å². The van der Waals surface area contributed by atoms with E-state index in [2.05, 4.69) is 29.4 Å². The minimum Gasteiger partial charge on any atom is -0.449 e. The Morgan fingerprint density at radius 3 is 2.86 bits per heavy atom. The Hall–Kier alpha value is -1.88. The zero-order valence-electron chi connectivity index (χ0n) is 12.6. The number of ether oxygens (including phenoxy) is 1. The molecule has 21 heavy (non-hydrogen) atoms. The maximum atomic E-state index is 11.5. The summed E-state index contributed by atoms with van der Waals surface area (Å²) in [6.07, 6.45) is -0.394. The van der Waals surface area contributed by atoms with Crippen molar-refractivity contribution < 1.29 is 9.53 Å². The Balaban J connectivity index is 1.92. The molecule has 0 aliphatic rings. The van der Waals surface area contributed by atoms with E-state index in [1.165, 1.54) is 5.56 Å². The highest BCUT2D eigenvalue weighted by Gasteiger charge is 2.08. The monoisotopic (exact) mass is 304 g/mol. The van der Waals surface area contributed by atoms with Gasteiger partial charge in [-0.2, -0.15) is 0 Å². The number of hydrogen-bond donors (Lipinski definition) is 1. The lowest BCUT2D eigenvalue weighted by Gasteiger charge is -2.07. The highest BCUT2D eigenvalue weighted by Crippen LogP contribution is 2.26. The maximum Gasteiger partial charge on any atom is 0.407 e. The fraction of sp³-hybridized carbons (Fsp3) is 0.375. The zero-order chi connectivity index (χ0) is 15.2. The summed E-state index contributed by atoms with van der Waals surface area (Å²) < 4.78 is 5.06. The number of amides is 1. The lowest BCUT2D eigenvalue weighted by Crippen LogP contribution is -2.25. The van der Waals surface area contributed by atoms with E-state index in [1.807, 2.05) is 31.4 Å². The Labute approximate surface area is 129 Å². The normalized spacial score (nSPS) is 10.7. The number of hydrogen-bond acceptors (Lipinski definition) is 4. The van der Waals surface area contributed by atoms with Crippen molar-refractivity contribution in [3.05, 3.63) is 40.9 Å². The number of aromatic nitrogens is 1. The van der Waals surface area contributed by atoms with Gasteiger partial charge in [-0.25, -0.2) is 9.78 Å². The average molecular weight is 304 g/mol. The quantitative estimate of drug-likeness (QED) is 0.908. The molecule has 0 saturated carbocycles. The third kappa shape index (κ3) is 4.56. The molecule has 4 nitrogen and oxygen atoms in total. The first-order chi connectivity index (χ1) is 10.1. The Morgan fingerprint density at radius 1 is 1.38 bits per heavy atom. The Bertz CT molecular complexity index is 608. The summed E-state index contributed by atoms with van der Waals surface area (Å²) in [5, 5.41) is 5.65. The van der Waals surface area contributed by atoms with E-state index >= 15 is 0 Å². The fourth-order valence-corrected chi connectivity index (χ4v) is 2.69. The van der Waals surface area contributed by atoms with Crippen molar-refractivity contribution in [1.29, 1.82) is 0 Å². The number of aryl methyl sites for hydroxylation is 1. The van der Waals surface area contributed by atoms with Crippen molar-refractivity contribution >= 4 is 17.4 Å². The molecule has 5 heteroatoms. The summed E-state index contributed by atoms with van der Waals surface area (Å²) in [5.41, 5.74) is 3.18. The van der Waals surface area contributed by atoms with Crippen LogP contribution < -0.4 is 5.32 Å². The molecule has 0 aliphatic heterocycles. The van der Waals surface area contributed by atoms with Crippen LogP contribution in [0.15, 0.2) is 29.6 Å². The molecule has 0 bridgehead atoms. The van der Waals surface area contributed by atoms with Crippen LogP contribution in [0.2, 0.25) is 0 Å². The van der Waals surface area contributed by atoms with Crippen LogP contribution in [0, 0.1) is 12.8 Å². The number of carbonyl (C=O) groups excluding carboxylic acids is 1. The van der Waals surface area contributed by atoms with Gasteiger partial charge in [-0.05, 0) is 18.4 Å². The molecule has 2 rings (SSSR count). The molecule has 2 aromatic rings. The first-order valence-electron chi connectivity index (χ1n) is 6.97. The summed E-state index contributed by atoms with van der Waals surface area (Å²) in [4.78, 5) is 16.1. The lowest BCUT2D eigenvalue weighted by atomic mass is 10.1.